The van der Waals surface area contributed by atoms with Crippen LogP contribution in [0.3, 0.4) is 0 Å². The van der Waals surface area contributed by atoms with Crippen LogP contribution in [0.1, 0.15) is 48.5 Å². The topological polar surface area (TPSA) is 17.8 Å². The van der Waals surface area contributed by atoms with E-state index < -0.39 is 0 Å². The fourth-order valence-corrected chi connectivity index (χ4v) is 1.65. The summed E-state index contributed by atoms with van der Waals surface area (Å²) in [6.45, 7) is 18.6. The Morgan fingerprint density at radius 1 is 1.25 bits per heavy atom. The number of pyridine rings is 1. The first kappa shape index (κ1) is 18.9. The summed E-state index contributed by atoms with van der Waals surface area (Å²) < 4.78 is 2.97. The van der Waals surface area contributed by atoms with Gasteiger partial charge in [-0.1, -0.05) is 48.1 Å². The predicted molar refractivity (Wildman–Crippen MR) is 94.9 cm³/mol. The maximum Gasteiger partial charge on any atom is 0.144 e. The summed E-state index contributed by atoms with van der Waals surface area (Å²) in [6.07, 6.45) is 3.77. The molecule has 0 aliphatic rings. The van der Waals surface area contributed by atoms with Gasteiger partial charge in [-0.2, -0.15) is 0 Å². The van der Waals surface area contributed by atoms with Crippen LogP contribution in [0.25, 0.3) is 16.7 Å². The van der Waals surface area contributed by atoms with Gasteiger partial charge in [-0.15, -0.1) is 0 Å². The third-order valence-electron chi connectivity index (χ3n) is 1.90. The Kier molecular flexibility index (Phi) is 7.80. The number of nitrogens with zero attached hydrogens (tertiary/aromatic N) is 2. The van der Waals surface area contributed by atoms with Crippen LogP contribution in [-0.2, 0) is 0 Å². The Hall–Kier alpha value is -1.09. The minimum absolute atomic E-state index is 0.500. The smallest absolute Gasteiger partial charge is 0.144 e. The summed E-state index contributed by atoms with van der Waals surface area (Å²) in [5.74, 6) is 0. The Bertz CT molecular complexity index is 542. The molecule has 0 fully saturated rings. The molecule has 0 bridgehead atoms. The van der Waals surface area contributed by atoms with Crippen molar-refractivity contribution in [2.24, 2.45) is 5.41 Å². The molecule has 0 saturated carbocycles. The summed E-state index contributed by atoms with van der Waals surface area (Å²) in [5, 5.41) is 1.12. The fourth-order valence-electron chi connectivity index (χ4n) is 1.31. The molecule has 20 heavy (non-hydrogen) atoms. The van der Waals surface area contributed by atoms with Gasteiger partial charge in [0.15, 0.2) is 0 Å². The summed E-state index contributed by atoms with van der Waals surface area (Å²) in [5.41, 5.74) is 2.43. The minimum Gasteiger partial charge on any atom is -0.306 e. The molecule has 112 valence electrons. The van der Waals surface area contributed by atoms with E-state index in [1.165, 1.54) is 0 Å². The largest absolute Gasteiger partial charge is 0.306 e. The van der Waals surface area contributed by atoms with Crippen molar-refractivity contribution in [1.29, 1.82) is 0 Å². The Balaban J connectivity index is 0.000000441. The normalized spacial score (nSPS) is 10.2. The van der Waals surface area contributed by atoms with Gasteiger partial charge < -0.3 is 4.57 Å². The van der Waals surface area contributed by atoms with Crippen LogP contribution >= 0.6 is 15.9 Å². The van der Waals surface area contributed by atoms with Gasteiger partial charge in [0.25, 0.3) is 0 Å². The highest BCUT2D eigenvalue weighted by molar-refractivity contribution is 9.10. The molecule has 0 atom stereocenters. The molecule has 0 spiro atoms. The second-order valence-electron chi connectivity index (χ2n) is 5.99. The highest BCUT2D eigenvalue weighted by Gasteiger charge is 2.02. The molecule has 2 aromatic heterocycles. The van der Waals surface area contributed by atoms with Crippen molar-refractivity contribution in [2.75, 3.05) is 0 Å². The second kappa shape index (κ2) is 8.25. The molecule has 0 aliphatic carbocycles. The first-order chi connectivity index (χ1) is 9.18. The summed E-state index contributed by atoms with van der Waals surface area (Å²) in [6, 6.07) is 4.07. The summed E-state index contributed by atoms with van der Waals surface area (Å²) >= 11 is 3.38. The highest BCUT2D eigenvalue weighted by Crippen LogP contribution is 2.20. The number of hydrogen-bond acceptors (Lipinski definition) is 1. The van der Waals surface area contributed by atoms with Gasteiger partial charge in [0, 0.05) is 27.9 Å². The maximum atomic E-state index is 4.32. The quantitative estimate of drug-likeness (QED) is 0.590. The van der Waals surface area contributed by atoms with Crippen molar-refractivity contribution < 1.29 is 0 Å². The SMILES string of the molecule is C=C(C)n1ccc2cc(Br)cnc21.CC.CC(C)(C)C. The van der Waals surface area contributed by atoms with Crippen LogP contribution in [0.15, 0.2) is 35.6 Å². The Morgan fingerprint density at radius 2 is 1.75 bits per heavy atom. The predicted octanol–water partition coefficient (Wildman–Crippen LogP) is 6.37. The highest BCUT2D eigenvalue weighted by atomic mass is 79.9. The van der Waals surface area contributed by atoms with Crippen molar-refractivity contribution >= 4 is 32.7 Å². The van der Waals surface area contributed by atoms with Crippen molar-refractivity contribution in [3.8, 4) is 0 Å². The van der Waals surface area contributed by atoms with E-state index in [4.69, 9.17) is 0 Å². The molecule has 0 N–H and O–H groups in total. The lowest BCUT2D eigenvalue weighted by Gasteiger charge is -2.05. The molecule has 2 heterocycles. The van der Waals surface area contributed by atoms with Crippen molar-refractivity contribution in [3.63, 3.8) is 0 Å². The number of halogens is 1. The van der Waals surface area contributed by atoms with Gasteiger partial charge in [0.2, 0.25) is 0 Å². The number of rotatable bonds is 1. The zero-order valence-electron chi connectivity index (χ0n) is 13.8. The van der Waals surface area contributed by atoms with Crippen LogP contribution in [0.2, 0.25) is 0 Å². The molecule has 2 rings (SSSR count). The van der Waals surface area contributed by atoms with E-state index in [2.05, 4.69) is 55.2 Å². The fraction of sp³-hybridized carbons (Fsp3) is 0.471. The zero-order valence-corrected chi connectivity index (χ0v) is 15.4. The van der Waals surface area contributed by atoms with E-state index in [-0.39, 0.29) is 0 Å². The third-order valence-corrected chi connectivity index (χ3v) is 2.34. The van der Waals surface area contributed by atoms with E-state index in [9.17, 15) is 0 Å². The van der Waals surface area contributed by atoms with Crippen molar-refractivity contribution in [2.45, 2.75) is 48.5 Å². The third kappa shape index (κ3) is 6.90. The van der Waals surface area contributed by atoms with Gasteiger partial charge in [-0.25, -0.2) is 4.98 Å². The number of hydrogen-bond donors (Lipinski definition) is 0. The van der Waals surface area contributed by atoms with Crippen LogP contribution < -0.4 is 0 Å². The second-order valence-corrected chi connectivity index (χ2v) is 6.90. The Labute approximate surface area is 132 Å². The number of aromatic nitrogens is 2. The van der Waals surface area contributed by atoms with E-state index in [0.29, 0.717) is 5.41 Å². The van der Waals surface area contributed by atoms with Crippen LogP contribution in [0.5, 0.6) is 0 Å². The van der Waals surface area contributed by atoms with E-state index >= 15 is 0 Å². The van der Waals surface area contributed by atoms with E-state index in [1.807, 2.05) is 43.7 Å². The van der Waals surface area contributed by atoms with Gasteiger partial charge in [0.05, 0.1) is 0 Å². The lowest BCUT2D eigenvalue weighted by Crippen LogP contribution is -1.93. The molecule has 0 amide bonds. The summed E-state index contributed by atoms with van der Waals surface area (Å²) in [7, 11) is 0. The van der Waals surface area contributed by atoms with Gasteiger partial charge in [0.1, 0.15) is 5.65 Å². The minimum atomic E-state index is 0.500. The van der Waals surface area contributed by atoms with Crippen LogP contribution in [0, 0.1) is 5.41 Å². The first-order valence-corrected chi connectivity index (χ1v) is 7.76. The van der Waals surface area contributed by atoms with E-state index in [1.54, 1.807) is 6.20 Å². The Morgan fingerprint density at radius 3 is 2.20 bits per heavy atom. The molecule has 0 unspecified atom stereocenters. The van der Waals surface area contributed by atoms with Crippen molar-refractivity contribution in [3.05, 3.63) is 35.6 Å². The van der Waals surface area contributed by atoms with Crippen molar-refractivity contribution in [1.82, 2.24) is 9.55 Å². The zero-order chi connectivity index (χ0) is 15.9. The summed E-state index contributed by atoms with van der Waals surface area (Å²) in [4.78, 5) is 4.32. The van der Waals surface area contributed by atoms with Crippen LogP contribution in [-0.4, -0.2) is 9.55 Å². The molecule has 3 heteroatoms. The monoisotopic (exact) mass is 338 g/mol. The lowest BCUT2D eigenvalue weighted by atomic mass is 10.0. The molecular weight excluding hydrogens is 312 g/mol. The maximum absolute atomic E-state index is 4.32. The standard InChI is InChI=1S/C10H9BrN2.C5H12.C2H6/c1-7(2)13-4-3-8-5-9(11)6-12-10(8)13;1-5(2,3)4;1-2/h3-6H,1H2,2H3;1-4H3;1-2H3. The van der Waals surface area contributed by atoms with Gasteiger partial charge in [-0.3, -0.25) is 0 Å². The van der Waals surface area contributed by atoms with E-state index in [0.717, 1.165) is 21.2 Å². The molecule has 0 aliphatic heterocycles. The lowest BCUT2D eigenvalue weighted by molar-refractivity contribution is 0.469. The molecule has 0 saturated heterocycles. The first-order valence-electron chi connectivity index (χ1n) is 6.97. The molecule has 0 aromatic carbocycles. The average Bonchev–Trinajstić information content (AvgIpc) is 2.72. The average molecular weight is 339 g/mol. The number of fused-ring (bicyclic) bond motifs is 1. The molecule has 2 nitrogen and oxygen atoms in total. The number of allylic oxidation sites excluding steroid dienone is 1. The molecule has 0 radical (unpaired) electrons. The van der Waals surface area contributed by atoms with Crippen LogP contribution in [0.4, 0.5) is 0 Å². The molecule has 2 aromatic rings. The molecular formula is C17H27BrN2. The van der Waals surface area contributed by atoms with Gasteiger partial charge >= 0.3 is 0 Å². The van der Waals surface area contributed by atoms with Gasteiger partial charge in [-0.05, 0) is 40.4 Å².